The quantitative estimate of drug-likeness (QED) is 0.571. The lowest BCUT2D eigenvalue weighted by atomic mass is 9.95. The first-order valence-electron chi connectivity index (χ1n) is 10.2. The molecule has 0 unspecified atom stereocenters. The van der Waals surface area contributed by atoms with Gasteiger partial charge < -0.3 is 10.0 Å². The number of carbonyl (C=O) groups excluding carboxylic acids is 1. The molecule has 1 atom stereocenters. The van der Waals surface area contributed by atoms with E-state index in [-0.39, 0.29) is 6.54 Å². The van der Waals surface area contributed by atoms with Crippen LogP contribution in [0.15, 0.2) is 67.0 Å². The molecular formula is C25H25F3N2O2. The molecule has 7 heteroatoms. The topological polar surface area (TPSA) is 53.4 Å². The van der Waals surface area contributed by atoms with Crippen LogP contribution in [0.2, 0.25) is 0 Å². The van der Waals surface area contributed by atoms with Gasteiger partial charge in [-0.3, -0.25) is 9.78 Å². The number of alkyl halides is 3. The minimum Gasteiger partial charge on any atom is -0.375 e. The predicted molar refractivity (Wildman–Crippen MR) is 117 cm³/mol. The molecule has 3 aromatic rings. The SMILES string of the molecule is Cc1ccc(N(CCc2ccc(C(F)(F)F)cc2)C(=O)[C@@](C)(O)c2cccnc2)cc1C. The molecule has 3 rings (SSSR count). The Hall–Kier alpha value is -3.19. The third-order valence-corrected chi connectivity index (χ3v) is 5.59. The molecule has 0 radical (unpaired) electrons. The number of aliphatic hydroxyl groups is 1. The summed E-state index contributed by atoms with van der Waals surface area (Å²) in [5, 5.41) is 11.1. The summed E-state index contributed by atoms with van der Waals surface area (Å²) in [6.07, 6.45) is -1.09. The summed E-state index contributed by atoms with van der Waals surface area (Å²) in [6, 6.07) is 13.7. The number of rotatable bonds is 6. The molecule has 1 amide bonds. The zero-order valence-corrected chi connectivity index (χ0v) is 18.1. The number of hydrogen-bond acceptors (Lipinski definition) is 3. The largest absolute Gasteiger partial charge is 0.416 e. The third-order valence-electron chi connectivity index (χ3n) is 5.59. The minimum atomic E-state index is -4.40. The summed E-state index contributed by atoms with van der Waals surface area (Å²) >= 11 is 0. The van der Waals surface area contributed by atoms with E-state index in [0.29, 0.717) is 23.2 Å². The zero-order chi connectivity index (χ0) is 23.5. The van der Waals surface area contributed by atoms with E-state index in [1.54, 1.807) is 24.4 Å². The van der Waals surface area contributed by atoms with Crippen LogP contribution < -0.4 is 4.90 Å². The average Bonchev–Trinajstić information content (AvgIpc) is 2.76. The Balaban J connectivity index is 1.90. The molecule has 1 heterocycles. The number of anilines is 1. The van der Waals surface area contributed by atoms with Gasteiger partial charge >= 0.3 is 6.18 Å². The lowest BCUT2D eigenvalue weighted by Crippen LogP contribution is -2.46. The van der Waals surface area contributed by atoms with Crippen molar-refractivity contribution in [3.8, 4) is 0 Å². The number of aromatic nitrogens is 1. The van der Waals surface area contributed by atoms with Crippen molar-refractivity contribution in [2.45, 2.75) is 39.0 Å². The number of aryl methyl sites for hydroxylation is 2. The lowest BCUT2D eigenvalue weighted by molar-refractivity contribution is -0.137. The molecule has 168 valence electrons. The highest BCUT2D eigenvalue weighted by atomic mass is 19.4. The first-order valence-corrected chi connectivity index (χ1v) is 10.2. The molecule has 4 nitrogen and oxygen atoms in total. The molecule has 0 bridgehead atoms. The second-order valence-electron chi connectivity index (χ2n) is 7.98. The molecule has 0 aliphatic heterocycles. The van der Waals surface area contributed by atoms with E-state index in [0.717, 1.165) is 23.3 Å². The number of nitrogens with zero attached hydrogens (tertiary/aromatic N) is 2. The highest BCUT2D eigenvalue weighted by Crippen LogP contribution is 2.30. The Morgan fingerprint density at radius 3 is 2.25 bits per heavy atom. The molecular weight excluding hydrogens is 417 g/mol. The molecule has 0 aliphatic carbocycles. The van der Waals surface area contributed by atoms with E-state index < -0.39 is 23.2 Å². The highest BCUT2D eigenvalue weighted by molar-refractivity contribution is 5.99. The van der Waals surface area contributed by atoms with Gasteiger partial charge in [0.25, 0.3) is 5.91 Å². The smallest absolute Gasteiger partial charge is 0.375 e. The maximum Gasteiger partial charge on any atom is 0.416 e. The van der Waals surface area contributed by atoms with Gasteiger partial charge in [0.05, 0.1) is 5.56 Å². The fourth-order valence-electron chi connectivity index (χ4n) is 3.38. The summed E-state index contributed by atoms with van der Waals surface area (Å²) in [5.74, 6) is -0.541. The van der Waals surface area contributed by atoms with Crippen molar-refractivity contribution in [3.63, 3.8) is 0 Å². The molecule has 0 aliphatic rings. The van der Waals surface area contributed by atoms with Gasteiger partial charge in [-0.25, -0.2) is 0 Å². The number of hydrogen-bond donors (Lipinski definition) is 1. The second kappa shape index (κ2) is 9.12. The number of amides is 1. The van der Waals surface area contributed by atoms with Crippen LogP contribution in [0.5, 0.6) is 0 Å². The van der Waals surface area contributed by atoms with Gasteiger partial charge in [0.15, 0.2) is 5.60 Å². The number of pyridine rings is 1. The van der Waals surface area contributed by atoms with Crippen LogP contribution in [-0.4, -0.2) is 22.5 Å². The van der Waals surface area contributed by atoms with Crippen LogP contribution in [0.1, 0.15) is 34.7 Å². The zero-order valence-electron chi connectivity index (χ0n) is 18.1. The van der Waals surface area contributed by atoms with Gasteiger partial charge in [-0.05, 0) is 74.2 Å². The van der Waals surface area contributed by atoms with Gasteiger partial charge in [-0.2, -0.15) is 13.2 Å². The Kier molecular flexibility index (Phi) is 6.69. The maximum absolute atomic E-state index is 13.5. The van der Waals surface area contributed by atoms with Crippen molar-refractivity contribution in [1.82, 2.24) is 4.98 Å². The van der Waals surface area contributed by atoms with Crippen LogP contribution in [0.25, 0.3) is 0 Å². The Morgan fingerprint density at radius 1 is 1.00 bits per heavy atom. The van der Waals surface area contributed by atoms with Gasteiger partial charge in [0.1, 0.15) is 0 Å². The average molecular weight is 442 g/mol. The normalized spacial score (nSPS) is 13.5. The standard InChI is InChI=1S/C25H25F3N2O2/c1-17-6-11-22(15-18(17)2)30(23(31)24(3,32)21-5-4-13-29-16-21)14-12-19-7-9-20(10-8-19)25(26,27)28/h4-11,13,15-16,32H,12,14H2,1-3H3/t24-/m0/s1. The second-order valence-corrected chi connectivity index (χ2v) is 7.98. The Labute approximate surface area is 185 Å². The molecule has 0 saturated carbocycles. The molecule has 0 saturated heterocycles. The molecule has 1 aromatic heterocycles. The lowest BCUT2D eigenvalue weighted by Gasteiger charge is -2.31. The van der Waals surface area contributed by atoms with E-state index >= 15 is 0 Å². The number of halogens is 3. The van der Waals surface area contributed by atoms with E-state index in [9.17, 15) is 23.1 Å². The molecule has 32 heavy (non-hydrogen) atoms. The summed E-state index contributed by atoms with van der Waals surface area (Å²) in [5.41, 5.74) is 1.11. The van der Waals surface area contributed by atoms with Gasteiger partial charge in [0, 0.05) is 30.2 Å². The monoisotopic (exact) mass is 442 g/mol. The summed E-state index contributed by atoms with van der Waals surface area (Å²) in [4.78, 5) is 18.9. The minimum absolute atomic E-state index is 0.184. The number of benzene rings is 2. The van der Waals surface area contributed by atoms with Crippen LogP contribution >= 0.6 is 0 Å². The Bertz CT molecular complexity index is 1080. The van der Waals surface area contributed by atoms with Gasteiger partial charge in [-0.15, -0.1) is 0 Å². The molecule has 1 N–H and O–H groups in total. The highest BCUT2D eigenvalue weighted by Gasteiger charge is 2.37. The molecule has 2 aromatic carbocycles. The first-order chi connectivity index (χ1) is 15.0. The van der Waals surface area contributed by atoms with Crippen LogP contribution in [-0.2, 0) is 23.0 Å². The first kappa shape index (κ1) is 23.5. The fraction of sp³-hybridized carbons (Fsp3) is 0.280. The van der Waals surface area contributed by atoms with Gasteiger partial charge in [0.2, 0.25) is 0 Å². The van der Waals surface area contributed by atoms with Gasteiger partial charge in [-0.1, -0.05) is 24.3 Å². The van der Waals surface area contributed by atoms with Crippen molar-refractivity contribution < 1.29 is 23.1 Å². The van der Waals surface area contributed by atoms with Crippen molar-refractivity contribution in [1.29, 1.82) is 0 Å². The summed E-state index contributed by atoms with van der Waals surface area (Å²) in [7, 11) is 0. The number of carbonyl (C=O) groups is 1. The van der Waals surface area contributed by atoms with E-state index in [1.807, 2.05) is 26.0 Å². The van der Waals surface area contributed by atoms with Crippen molar-refractivity contribution in [2.75, 3.05) is 11.4 Å². The van der Waals surface area contributed by atoms with Crippen molar-refractivity contribution >= 4 is 11.6 Å². The van der Waals surface area contributed by atoms with Crippen molar-refractivity contribution in [3.05, 3.63) is 94.8 Å². The molecule has 0 fully saturated rings. The van der Waals surface area contributed by atoms with Crippen LogP contribution in [0.3, 0.4) is 0 Å². The third kappa shape index (κ3) is 5.16. The summed E-state index contributed by atoms with van der Waals surface area (Å²) < 4.78 is 38.5. The predicted octanol–water partition coefficient (Wildman–Crippen LogP) is 5.20. The van der Waals surface area contributed by atoms with Crippen LogP contribution in [0.4, 0.5) is 18.9 Å². The van der Waals surface area contributed by atoms with Crippen molar-refractivity contribution in [2.24, 2.45) is 0 Å². The maximum atomic E-state index is 13.5. The Morgan fingerprint density at radius 2 is 1.69 bits per heavy atom. The van der Waals surface area contributed by atoms with E-state index in [1.165, 1.54) is 30.2 Å². The van der Waals surface area contributed by atoms with Crippen LogP contribution in [0, 0.1) is 13.8 Å². The van der Waals surface area contributed by atoms with E-state index in [4.69, 9.17) is 0 Å². The summed E-state index contributed by atoms with van der Waals surface area (Å²) in [6.45, 7) is 5.48. The molecule has 0 spiro atoms. The fourth-order valence-corrected chi connectivity index (χ4v) is 3.38. The van der Waals surface area contributed by atoms with E-state index in [2.05, 4.69) is 4.98 Å².